The SMILES string of the molecule is CCCCOCCCNC(=NCc1cccc(OCC(=O)N(C)C)c1)NCC.I. The Bertz CT molecular complexity index is 597. The number of nitrogens with one attached hydrogen (secondary N) is 2. The van der Waals surface area contributed by atoms with Gasteiger partial charge in [-0.15, -0.1) is 24.0 Å². The fourth-order valence-electron chi connectivity index (χ4n) is 2.25. The van der Waals surface area contributed by atoms with Gasteiger partial charge in [0.1, 0.15) is 5.75 Å². The number of carbonyl (C=O) groups excluding carboxylic acids is 1. The number of ether oxygens (including phenoxy) is 2. The summed E-state index contributed by atoms with van der Waals surface area (Å²) in [5.41, 5.74) is 1.02. The average Bonchev–Trinajstić information content (AvgIpc) is 2.69. The van der Waals surface area contributed by atoms with Crippen LogP contribution in [0.5, 0.6) is 5.75 Å². The molecule has 0 fully saturated rings. The molecule has 1 aromatic carbocycles. The van der Waals surface area contributed by atoms with Crippen molar-refractivity contribution in [3.8, 4) is 5.75 Å². The Labute approximate surface area is 192 Å². The normalized spacial score (nSPS) is 10.8. The highest BCUT2D eigenvalue weighted by Gasteiger charge is 2.05. The number of halogens is 1. The molecule has 0 unspecified atom stereocenters. The smallest absolute Gasteiger partial charge is 0.259 e. The van der Waals surface area contributed by atoms with Gasteiger partial charge in [-0.2, -0.15) is 0 Å². The second kappa shape index (κ2) is 17.3. The zero-order valence-electron chi connectivity index (χ0n) is 18.2. The van der Waals surface area contributed by atoms with Gasteiger partial charge in [0.25, 0.3) is 5.91 Å². The van der Waals surface area contributed by atoms with Gasteiger partial charge < -0.3 is 25.0 Å². The molecule has 0 atom stereocenters. The molecule has 0 spiro atoms. The summed E-state index contributed by atoms with van der Waals surface area (Å²) in [6.07, 6.45) is 3.22. The lowest BCUT2D eigenvalue weighted by molar-refractivity contribution is -0.130. The first-order valence-corrected chi connectivity index (χ1v) is 10.1. The fourth-order valence-corrected chi connectivity index (χ4v) is 2.25. The minimum Gasteiger partial charge on any atom is -0.484 e. The van der Waals surface area contributed by atoms with Crippen LogP contribution in [0.2, 0.25) is 0 Å². The third kappa shape index (κ3) is 13.3. The third-order valence-electron chi connectivity index (χ3n) is 3.92. The first-order valence-electron chi connectivity index (χ1n) is 10.1. The highest BCUT2D eigenvalue weighted by atomic mass is 127. The van der Waals surface area contributed by atoms with Gasteiger partial charge in [-0.1, -0.05) is 25.5 Å². The van der Waals surface area contributed by atoms with E-state index in [0.717, 1.165) is 57.1 Å². The molecule has 0 saturated heterocycles. The second-order valence-electron chi connectivity index (χ2n) is 6.67. The molecule has 8 heteroatoms. The molecule has 166 valence electrons. The minimum atomic E-state index is -0.0688. The number of unbranched alkanes of at least 4 members (excludes halogenated alkanes) is 1. The van der Waals surface area contributed by atoms with Gasteiger partial charge in [-0.05, 0) is 37.5 Å². The number of rotatable bonds is 13. The lowest BCUT2D eigenvalue weighted by Gasteiger charge is -2.13. The summed E-state index contributed by atoms with van der Waals surface area (Å²) < 4.78 is 11.1. The molecule has 1 amide bonds. The van der Waals surface area contributed by atoms with E-state index in [9.17, 15) is 4.79 Å². The molecule has 0 saturated carbocycles. The number of amides is 1. The van der Waals surface area contributed by atoms with E-state index >= 15 is 0 Å². The topological polar surface area (TPSA) is 75.2 Å². The van der Waals surface area contributed by atoms with E-state index in [0.29, 0.717) is 12.3 Å². The molecule has 0 heterocycles. The number of hydrogen-bond acceptors (Lipinski definition) is 4. The molecule has 0 radical (unpaired) electrons. The number of carbonyl (C=O) groups is 1. The zero-order chi connectivity index (χ0) is 20.6. The van der Waals surface area contributed by atoms with Crippen molar-refractivity contribution < 1.29 is 14.3 Å². The Morgan fingerprint density at radius 2 is 1.90 bits per heavy atom. The van der Waals surface area contributed by atoms with Crippen molar-refractivity contribution >= 4 is 35.8 Å². The Kier molecular flexibility index (Phi) is 16.4. The average molecular weight is 520 g/mol. The van der Waals surface area contributed by atoms with Crippen molar-refractivity contribution in [2.75, 3.05) is 47.0 Å². The van der Waals surface area contributed by atoms with Crippen LogP contribution < -0.4 is 15.4 Å². The lowest BCUT2D eigenvalue weighted by atomic mass is 10.2. The van der Waals surface area contributed by atoms with Crippen molar-refractivity contribution in [1.29, 1.82) is 0 Å². The second-order valence-corrected chi connectivity index (χ2v) is 6.67. The lowest BCUT2D eigenvalue weighted by Crippen LogP contribution is -2.38. The van der Waals surface area contributed by atoms with E-state index in [-0.39, 0.29) is 36.5 Å². The molecule has 1 rings (SSSR count). The first kappa shape index (κ1) is 27.5. The van der Waals surface area contributed by atoms with Crippen LogP contribution in [0.1, 0.15) is 38.7 Å². The summed E-state index contributed by atoms with van der Waals surface area (Å²) >= 11 is 0. The predicted octanol–water partition coefficient (Wildman–Crippen LogP) is 3.03. The van der Waals surface area contributed by atoms with Gasteiger partial charge >= 0.3 is 0 Å². The van der Waals surface area contributed by atoms with Crippen molar-refractivity contribution in [2.24, 2.45) is 4.99 Å². The Hall–Kier alpha value is -1.55. The van der Waals surface area contributed by atoms with E-state index in [2.05, 4.69) is 22.5 Å². The Balaban J connectivity index is 0.00000784. The third-order valence-corrected chi connectivity index (χ3v) is 3.92. The standard InChI is InChI=1S/C21H36N4O3.HI/c1-5-7-13-27-14-9-12-23-21(22-6-2)24-16-18-10-8-11-19(15-18)28-17-20(26)25(3)4;/h8,10-11,15H,5-7,9,12-14,16-17H2,1-4H3,(H2,22,23,24);1H. The molecule has 0 aliphatic heterocycles. The van der Waals surface area contributed by atoms with Crippen LogP contribution in [0.3, 0.4) is 0 Å². The number of likely N-dealkylation sites (N-methyl/N-ethyl adjacent to an activating group) is 1. The van der Waals surface area contributed by atoms with Crippen LogP contribution in [0.4, 0.5) is 0 Å². The Morgan fingerprint density at radius 3 is 2.59 bits per heavy atom. The van der Waals surface area contributed by atoms with Crippen LogP contribution >= 0.6 is 24.0 Å². The van der Waals surface area contributed by atoms with Gasteiger partial charge in [-0.25, -0.2) is 4.99 Å². The molecular weight excluding hydrogens is 483 g/mol. The summed E-state index contributed by atoms with van der Waals surface area (Å²) in [5, 5.41) is 6.57. The van der Waals surface area contributed by atoms with Gasteiger partial charge in [-0.3, -0.25) is 4.79 Å². The molecule has 1 aromatic rings. The Morgan fingerprint density at radius 1 is 1.14 bits per heavy atom. The highest BCUT2D eigenvalue weighted by Crippen LogP contribution is 2.14. The quantitative estimate of drug-likeness (QED) is 0.181. The summed E-state index contributed by atoms with van der Waals surface area (Å²) in [5.74, 6) is 1.39. The first-order chi connectivity index (χ1) is 13.6. The van der Waals surface area contributed by atoms with E-state index in [4.69, 9.17) is 9.47 Å². The van der Waals surface area contributed by atoms with Gasteiger partial charge in [0.15, 0.2) is 12.6 Å². The van der Waals surface area contributed by atoms with Crippen molar-refractivity contribution in [3.63, 3.8) is 0 Å². The fraction of sp³-hybridized carbons (Fsp3) is 0.619. The van der Waals surface area contributed by atoms with Crippen LogP contribution in [0.25, 0.3) is 0 Å². The van der Waals surface area contributed by atoms with E-state index in [1.165, 1.54) is 4.90 Å². The number of benzene rings is 1. The summed E-state index contributed by atoms with van der Waals surface area (Å²) in [7, 11) is 3.42. The van der Waals surface area contributed by atoms with Gasteiger partial charge in [0.05, 0.1) is 6.54 Å². The molecule has 0 aromatic heterocycles. The largest absolute Gasteiger partial charge is 0.484 e. The monoisotopic (exact) mass is 520 g/mol. The minimum absolute atomic E-state index is 0. The van der Waals surface area contributed by atoms with Crippen LogP contribution in [-0.2, 0) is 16.1 Å². The number of hydrogen-bond donors (Lipinski definition) is 2. The van der Waals surface area contributed by atoms with E-state index in [1.54, 1.807) is 14.1 Å². The van der Waals surface area contributed by atoms with Crippen molar-refractivity contribution in [2.45, 2.75) is 39.7 Å². The highest BCUT2D eigenvalue weighted by molar-refractivity contribution is 14.0. The maximum absolute atomic E-state index is 11.6. The van der Waals surface area contributed by atoms with E-state index < -0.39 is 0 Å². The summed E-state index contributed by atoms with van der Waals surface area (Å²) in [6.45, 7) is 7.98. The molecule has 2 N–H and O–H groups in total. The maximum Gasteiger partial charge on any atom is 0.259 e. The van der Waals surface area contributed by atoms with Crippen molar-refractivity contribution in [3.05, 3.63) is 29.8 Å². The zero-order valence-corrected chi connectivity index (χ0v) is 20.5. The van der Waals surface area contributed by atoms with Crippen LogP contribution in [-0.4, -0.2) is 63.8 Å². The van der Waals surface area contributed by atoms with Crippen LogP contribution in [0, 0.1) is 0 Å². The van der Waals surface area contributed by atoms with Gasteiger partial charge in [0, 0.05) is 40.4 Å². The van der Waals surface area contributed by atoms with Crippen molar-refractivity contribution in [1.82, 2.24) is 15.5 Å². The molecule has 29 heavy (non-hydrogen) atoms. The van der Waals surface area contributed by atoms with E-state index in [1.807, 2.05) is 31.2 Å². The maximum atomic E-state index is 11.6. The number of nitrogens with zero attached hydrogens (tertiary/aromatic N) is 2. The molecule has 0 bridgehead atoms. The molecule has 0 aliphatic carbocycles. The predicted molar refractivity (Wildman–Crippen MR) is 129 cm³/mol. The summed E-state index contributed by atoms with van der Waals surface area (Å²) in [6, 6.07) is 7.67. The number of guanidine groups is 1. The van der Waals surface area contributed by atoms with Gasteiger partial charge in [0.2, 0.25) is 0 Å². The number of aliphatic imine (C=N–C) groups is 1. The molecule has 0 aliphatic rings. The molecular formula is C21H37IN4O3. The summed E-state index contributed by atoms with van der Waals surface area (Å²) in [4.78, 5) is 17.8. The molecule has 7 nitrogen and oxygen atoms in total. The van der Waals surface area contributed by atoms with Crippen LogP contribution in [0.15, 0.2) is 29.3 Å².